The van der Waals surface area contributed by atoms with Crippen molar-refractivity contribution in [2.24, 2.45) is 5.92 Å². The first-order valence-corrected chi connectivity index (χ1v) is 13.8. The lowest BCUT2D eigenvalue weighted by atomic mass is 9.99. The van der Waals surface area contributed by atoms with Crippen LogP contribution in [-0.2, 0) is 16.1 Å². The third kappa shape index (κ3) is 6.77. The second-order valence-corrected chi connectivity index (χ2v) is 10.1. The Morgan fingerprint density at radius 3 is 2.55 bits per heavy atom. The first-order chi connectivity index (χ1) is 20.4. The number of rotatable bonds is 9. The SMILES string of the molecule is COc1c(OCC2CCNCC2)ccc2c(Oc3ccc(NC(=O)C(=O)NCc4ccccc4C)cc3F)ccnc12. The number of halogens is 1. The van der Waals surface area contributed by atoms with E-state index in [0.717, 1.165) is 43.1 Å². The van der Waals surface area contributed by atoms with E-state index in [1.54, 1.807) is 31.5 Å². The molecule has 1 fully saturated rings. The molecule has 10 heteroatoms. The maximum absolute atomic E-state index is 15.0. The smallest absolute Gasteiger partial charge is 0.313 e. The van der Waals surface area contributed by atoms with Gasteiger partial charge in [0.1, 0.15) is 11.3 Å². The van der Waals surface area contributed by atoms with Crippen LogP contribution in [-0.4, -0.2) is 43.6 Å². The van der Waals surface area contributed by atoms with Gasteiger partial charge in [-0.25, -0.2) is 4.39 Å². The molecule has 1 aromatic heterocycles. The van der Waals surface area contributed by atoms with Crippen molar-refractivity contribution < 1.29 is 28.2 Å². The number of nitrogens with one attached hydrogen (secondary N) is 3. The second-order valence-electron chi connectivity index (χ2n) is 10.1. The molecule has 5 rings (SSSR count). The van der Waals surface area contributed by atoms with Gasteiger partial charge in [-0.3, -0.25) is 14.6 Å². The Bertz CT molecular complexity index is 1590. The number of amides is 2. The zero-order chi connectivity index (χ0) is 29.5. The fraction of sp³-hybridized carbons (Fsp3) is 0.281. The molecule has 0 unspecified atom stereocenters. The maximum Gasteiger partial charge on any atom is 0.313 e. The zero-order valence-electron chi connectivity index (χ0n) is 23.5. The lowest BCUT2D eigenvalue weighted by Crippen LogP contribution is -2.35. The normalized spacial score (nSPS) is 13.4. The van der Waals surface area contributed by atoms with Crippen molar-refractivity contribution >= 4 is 28.4 Å². The van der Waals surface area contributed by atoms with E-state index in [1.807, 2.05) is 31.2 Å². The molecule has 0 bridgehead atoms. The highest BCUT2D eigenvalue weighted by Gasteiger charge is 2.19. The fourth-order valence-electron chi connectivity index (χ4n) is 4.84. The van der Waals surface area contributed by atoms with Gasteiger partial charge in [0.2, 0.25) is 0 Å². The van der Waals surface area contributed by atoms with E-state index >= 15 is 4.39 Å². The molecule has 9 nitrogen and oxygen atoms in total. The van der Waals surface area contributed by atoms with Gasteiger partial charge >= 0.3 is 11.8 Å². The molecule has 42 heavy (non-hydrogen) atoms. The van der Waals surface area contributed by atoms with Gasteiger partial charge in [-0.2, -0.15) is 0 Å². The van der Waals surface area contributed by atoms with E-state index in [4.69, 9.17) is 14.2 Å². The number of ether oxygens (including phenoxy) is 3. The van der Waals surface area contributed by atoms with Gasteiger partial charge in [0.05, 0.1) is 13.7 Å². The Morgan fingerprint density at radius 1 is 1.00 bits per heavy atom. The first-order valence-electron chi connectivity index (χ1n) is 13.8. The number of anilines is 1. The molecule has 0 spiro atoms. The van der Waals surface area contributed by atoms with E-state index in [9.17, 15) is 9.59 Å². The van der Waals surface area contributed by atoms with Crippen LogP contribution in [0.5, 0.6) is 23.0 Å². The standard InChI is InChI=1S/C32H33FN4O5/c1-20-5-3-4-6-22(20)18-36-31(38)32(39)37-23-7-9-27(25(33)17-23)42-26-13-16-35-29-24(26)8-10-28(30(29)40-2)41-19-21-11-14-34-15-12-21/h3-10,13,16-17,21,34H,11-12,14-15,18-19H2,1-2H3,(H,36,38)(H,37,39). The second kappa shape index (κ2) is 13.3. The molecule has 0 aliphatic carbocycles. The van der Waals surface area contributed by atoms with Crippen LogP contribution in [0.3, 0.4) is 0 Å². The third-order valence-electron chi connectivity index (χ3n) is 7.24. The molecular formula is C32H33FN4O5. The number of hydrogen-bond acceptors (Lipinski definition) is 7. The van der Waals surface area contributed by atoms with Crippen LogP contribution in [0.2, 0.25) is 0 Å². The van der Waals surface area contributed by atoms with Crippen LogP contribution < -0.4 is 30.2 Å². The number of aryl methyl sites for hydroxylation is 1. The lowest BCUT2D eigenvalue weighted by molar-refractivity contribution is -0.136. The lowest BCUT2D eigenvalue weighted by Gasteiger charge is -2.23. The summed E-state index contributed by atoms with van der Waals surface area (Å²) in [6.07, 6.45) is 3.67. The molecule has 0 radical (unpaired) electrons. The van der Waals surface area contributed by atoms with Crippen LogP contribution in [0, 0.1) is 18.7 Å². The fourth-order valence-corrected chi connectivity index (χ4v) is 4.84. The summed E-state index contributed by atoms with van der Waals surface area (Å²) in [7, 11) is 1.55. The highest BCUT2D eigenvalue weighted by atomic mass is 19.1. The summed E-state index contributed by atoms with van der Waals surface area (Å²) in [5.74, 6) is -0.597. The van der Waals surface area contributed by atoms with Crippen LogP contribution in [0.4, 0.5) is 10.1 Å². The van der Waals surface area contributed by atoms with Crippen LogP contribution in [0.15, 0.2) is 66.9 Å². The average molecular weight is 573 g/mol. The zero-order valence-corrected chi connectivity index (χ0v) is 23.5. The van der Waals surface area contributed by atoms with Gasteiger partial charge in [0, 0.05) is 29.9 Å². The highest BCUT2D eigenvalue weighted by Crippen LogP contribution is 2.40. The molecule has 3 aromatic carbocycles. The first kappa shape index (κ1) is 28.8. The molecule has 0 saturated carbocycles. The van der Waals surface area contributed by atoms with Crippen LogP contribution in [0.1, 0.15) is 24.0 Å². The number of fused-ring (bicyclic) bond motifs is 1. The van der Waals surface area contributed by atoms with Gasteiger partial charge in [-0.1, -0.05) is 24.3 Å². The van der Waals surface area contributed by atoms with Crippen molar-refractivity contribution in [3.8, 4) is 23.0 Å². The molecule has 1 saturated heterocycles. The van der Waals surface area contributed by atoms with Gasteiger partial charge in [0.25, 0.3) is 0 Å². The summed E-state index contributed by atoms with van der Waals surface area (Å²) in [6.45, 7) is 4.68. The van der Waals surface area contributed by atoms with Crippen molar-refractivity contribution in [3.63, 3.8) is 0 Å². The van der Waals surface area contributed by atoms with Gasteiger partial charge in [-0.05, 0) is 80.2 Å². The summed E-state index contributed by atoms with van der Waals surface area (Å²) in [4.78, 5) is 29.1. The summed E-state index contributed by atoms with van der Waals surface area (Å²) < 4.78 is 32.7. The molecular weight excluding hydrogens is 539 g/mol. The number of hydrogen-bond donors (Lipinski definition) is 3. The van der Waals surface area contributed by atoms with Crippen molar-refractivity contribution in [1.29, 1.82) is 0 Å². The number of benzene rings is 3. The third-order valence-corrected chi connectivity index (χ3v) is 7.24. The van der Waals surface area contributed by atoms with Crippen molar-refractivity contribution in [2.75, 3.05) is 32.1 Å². The van der Waals surface area contributed by atoms with E-state index in [1.165, 1.54) is 12.1 Å². The largest absolute Gasteiger partial charge is 0.491 e. The number of aromatic nitrogens is 1. The van der Waals surface area contributed by atoms with Crippen molar-refractivity contribution in [1.82, 2.24) is 15.6 Å². The topological polar surface area (TPSA) is 111 Å². The Labute approximate surface area is 243 Å². The van der Waals surface area contributed by atoms with Gasteiger partial charge < -0.3 is 30.2 Å². The Hall–Kier alpha value is -4.70. The Balaban J connectivity index is 1.25. The average Bonchev–Trinajstić information content (AvgIpc) is 3.01. The van der Waals surface area contributed by atoms with Crippen molar-refractivity contribution in [2.45, 2.75) is 26.3 Å². The van der Waals surface area contributed by atoms with E-state index in [2.05, 4.69) is 20.9 Å². The van der Waals surface area contributed by atoms with Crippen molar-refractivity contribution in [3.05, 3.63) is 83.8 Å². The molecule has 0 atom stereocenters. The number of methoxy groups -OCH3 is 1. The minimum Gasteiger partial charge on any atom is -0.491 e. The summed E-state index contributed by atoms with van der Waals surface area (Å²) in [6, 6.07) is 16.7. The monoisotopic (exact) mass is 572 g/mol. The molecule has 1 aliphatic heterocycles. The van der Waals surface area contributed by atoms with Gasteiger partial charge in [0.15, 0.2) is 23.1 Å². The Kier molecular flexibility index (Phi) is 9.13. The molecule has 218 valence electrons. The summed E-state index contributed by atoms with van der Waals surface area (Å²) >= 11 is 0. The predicted molar refractivity (Wildman–Crippen MR) is 158 cm³/mol. The predicted octanol–water partition coefficient (Wildman–Crippen LogP) is 5.12. The molecule has 2 amide bonds. The molecule has 1 aliphatic rings. The van der Waals surface area contributed by atoms with E-state index < -0.39 is 17.6 Å². The summed E-state index contributed by atoms with van der Waals surface area (Å²) in [5.41, 5.74) is 2.54. The number of carbonyl (C=O) groups excluding carboxylic acids is 2. The minimum absolute atomic E-state index is 0.0605. The van der Waals surface area contributed by atoms with Crippen LogP contribution >= 0.6 is 0 Å². The Morgan fingerprint density at radius 2 is 1.79 bits per heavy atom. The maximum atomic E-state index is 15.0. The molecule has 3 N–H and O–H groups in total. The molecule has 2 heterocycles. The van der Waals surface area contributed by atoms with E-state index in [0.29, 0.717) is 40.7 Å². The van der Waals surface area contributed by atoms with Gasteiger partial charge in [-0.15, -0.1) is 0 Å². The molecule has 4 aromatic rings. The minimum atomic E-state index is -0.901. The quantitative estimate of drug-likeness (QED) is 0.239. The van der Waals surface area contributed by atoms with E-state index in [-0.39, 0.29) is 18.0 Å². The number of piperidine rings is 1. The number of nitrogens with zero attached hydrogens (tertiary/aromatic N) is 1. The van der Waals surface area contributed by atoms with Crippen LogP contribution in [0.25, 0.3) is 10.9 Å². The number of pyridine rings is 1. The number of carbonyl (C=O) groups is 2. The summed E-state index contributed by atoms with van der Waals surface area (Å²) in [5, 5.41) is 8.96. The highest BCUT2D eigenvalue weighted by molar-refractivity contribution is 6.39.